The summed E-state index contributed by atoms with van der Waals surface area (Å²) >= 11 is 0. The van der Waals surface area contributed by atoms with E-state index in [1.54, 1.807) is 0 Å². The van der Waals surface area contributed by atoms with Gasteiger partial charge in [0.05, 0.1) is 6.54 Å². The highest BCUT2D eigenvalue weighted by Crippen LogP contribution is 2.41. The number of rotatable bonds is 6. The van der Waals surface area contributed by atoms with Crippen molar-refractivity contribution in [2.45, 2.75) is 37.5 Å². The summed E-state index contributed by atoms with van der Waals surface area (Å²) in [5.41, 5.74) is 8.69. The van der Waals surface area contributed by atoms with Gasteiger partial charge in [-0.1, -0.05) is 49.2 Å². The number of nitrogens with two attached hydrogens (primary N) is 1. The standard InChI is InChI=1S/C20H26N4.HI/c21-19(23-15-11-18-10-4-7-14-22-18)24-16-20(12-5-6-13-20)17-8-2-1-3-9-17;/h1-4,7-10,14H,5-6,11-13,15-16H2,(H3,21,23,24);1H. The second-order valence-corrected chi connectivity index (χ2v) is 6.55. The van der Waals surface area contributed by atoms with Crippen molar-refractivity contribution in [2.24, 2.45) is 10.7 Å². The van der Waals surface area contributed by atoms with Gasteiger partial charge in [0, 0.05) is 30.3 Å². The maximum Gasteiger partial charge on any atom is 0.188 e. The zero-order valence-electron chi connectivity index (χ0n) is 14.5. The van der Waals surface area contributed by atoms with Crippen LogP contribution in [0.4, 0.5) is 0 Å². The van der Waals surface area contributed by atoms with Gasteiger partial charge in [-0.2, -0.15) is 0 Å². The molecule has 1 aliphatic carbocycles. The maximum absolute atomic E-state index is 6.07. The molecule has 1 saturated carbocycles. The van der Waals surface area contributed by atoms with Crippen molar-refractivity contribution in [1.29, 1.82) is 0 Å². The molecule has 5 heteroatoms. The molecule has 1 aromatic carbocycles. The Morgan fingerprint density at radius 1 is 1.08 bits per heavy atom. The van der Waals surface area contributed by atoms with Crippen molar-refractivity contribution < 1.29 is 0 Å². The van der Waals surface area contributed by atoms with Gasteiger partial charge in [-0.15, -0.1) is 24.0 Å². The van der Waals surface area contributed by atoms with Gasteiger partial charge in [-0.05, 0) is 30.5 Å². The molecule has 0 saturated heterocycles. The molecule has 1 aromatic heterocycles. The lowest BCUT2D eigenvalue weighted by atomic mass is 9.79. The molecule has 0 unspecified atom stereocenters. The van der Waals surface area contributed by atoms with Crippen LogP contribution in [0.15, 0.2) is 59.7 Å². The van der Waals surface area contributed by atoms with Gasteiger partial charge in [-0.3, -0.25) is 9.98 Å². The summed E-state index contributed by atoms with van der Waals surface area (Å²) in [6, 6.07) is 16.7. The van der Waals surface area contributed by atoms with E-state index in [1.807, 2.05) is 24.4 Å². The molecular formula is C20H27IN4. The molecule has 3 rings (SSSR count). The molecule has 2 aromatic rings. The van der Waals surface area contributed by atoms with Crippen molar-refractivity contribution in [3.8, 4) is 0 Å². The number of benzene rings is 1. The predicted molar refractivity (Wildman–Crippen MR) is 114 cm³/mol. The average molecular weight is 450 g/mol. The van der Waals surface area contributed by atoms with Gasteiger partial charge in [0.25, 0.3) is 0 Å². The molecule has 25 heavy (non-hydrogen) atoms. The fourth-order valence-electron chi connectivity index (χ4n) is 3.54. The number of halogens is 1. The van der Waals surface area contributed by atoms with E-state index in [0.717, 1.165) is 25.2 Å². The van der Waals surface area contributed by atoms with Crippen LogP contribution in [0.25, 0.3) is 0 Å². The van der Waals surface area contributed by atoms with Crippen LogP contribution in [0, 0.1) is 0 Å². The smallest absolute Gasteiger partial charge is 0.188 e. The second-order valence-electron chi connectivity index (χ2n) is 6.55. The largest absolute Gasteiger partial charge is 0.370 e. The third-order valence-corrected chi connectivity index (χ3v) is 4.91. The van der Waals surface area contributed by atoms with Crippen LogP contribution < -0.4 is 11.1 Å². The quantitative estimate of drug-likeness (QED) is 0.401. The Hall–Kier alpha value is -1.63. The Morgan fingerprint density at radius 3 is 2.48 bits per heavy atom. The number of aromatic nitrogens is 1. The Kier molecular flexibility index (Phi) is 7.68. The fourth-order valence-corrected chi connectivity index (χ4v) is 3.54. The van der Waals surface area contributed by atoms with Crippen molar-refractivity contribution in [3.63, 3.8) is 0 Å². The van der Waals surface area contributed by atoms with Crippen LogP contribution in [0.1, 0.15) is 36.9 Å². The molecular weight excluding hydrogens is 423 g/mol. The summed E-state index contributed by atoms with van der Waals surface area (Å²) < 4.78 is 0. The molecule has 1 aliphatic rings. The summed E-state index contributed by atoms with van der Waals surface area (Å²) in [6.07, 6.45) is 7.61. The summed E-state index contributed by atoms with van der Waals surface area (Å²) in [6.45, 7) is 1.52. The molecule has 0 amide bonds. The molecule has 0 aliphatic heterocycles. The monoisotopic (exact) mass is 450 g/mol. The van der Waals surface area contributed by atoms with E-state index in [2.05, 4.69) is 45.6 Å². The Balaban J connectivity index is 0.00000225. The number of nitrogens with zero attached hydrogens (tertiary/aromatic N) is 2. The van der Waals surface area contributed by atoms with Crippen LogP contribution in [-0.4, -0.2) is 24.0 Å². The van der Waals surface area contributed by atoms with E-state index < -0.39 is 0 Å². The summed E-state index contributed by atoms with van der Waals surface area (Å²) in [5, 5.41) is 3.21. The first kappa shape index (κ1) is 19.7. The van der Waals surface area contributed by atoms with Crippen LogP contribution in [0.5, 0.6) is 0 Å². The lowest BCUT2D eigenvalue weighted by Gasteiger charge is -2.28. The molecule has 1 heterocycles. The van der Waals surface area contributed by atoms with E-state index in [-0.39, 0.29) is 29.4 Å². The minimum atomic E-state index is 0. The lowest BCUT2D eigenvalue weighted by Crippen LogP contribution is -2.35. The SMILES string of the molecule is I.NC(=NCC1(c2ccccc2)CCCC1)NCCc1ccccn1. The van der Waals surface area contributed by atoms with Crippen LogP contribution >= 0.6 is 24.0 Å². The number of guanidine groups is 1. The molecule has 4 nitrogen and oxygen atoms in total. The van der Waals surface area contributed by atoms with E-state index >= 15 is 0 Å². The van der Waals surface area contributed by atoms with E-state index in [0.29, 0.717) is 5.96 Å². The second kappa shape index (κ2) is 9.75. The summed E-state index contributed by atoms with van der Waals surface area (Å²) in [7, 11) is 0. The zero-order chi connectivity index (χ0) is 16.7. The molecule has 0 atom stereocenters. The lowest BCUT2D eigenvalue weighted by molar-refractivity contribution is 0.453. The van der Waals surface area contributed by atoms with E-state index in [9.17, 15) is 0 Å². The maximum atomic E-state index is 6.07. The molecule has 1 fully saturated rings. The van der Waals surface area contributed by atoms with Crippen LogP contribution in [-0.2, 0) is 11.8 Å². The highest BCUT2D eigenvalue weighted by Gasteiger charge is 2.35. The number of pyridine rings is 1. The van der Waals surface area contributed by atoms with Crippen LogP contribution in [0.3, 0.4) is 0 Å². The van der Waals surface area contributed by atoms with Crippen molar-refractivity contribution >= 4 is 29.9 Å². The molecule has 0 radical (unpaired) electrons. The predicted octanol–water partition coefficient (Wildman–Crippen LogP) is 3.66. The third-order valence-electron chi connectivity index (χ3n) is 4.91. The topological polar surface area (TPSA) is 63.3 Å². The number of aliphatic imine (C=N–C) groups is 1. The van der Waals surface area contributed by atoms with Gasteiger partial charge in [0.15, 0.2) is 5.96 Å². The number of hydrogen-bond acceptors (Lipinski definition) is 2. The van der Waals surface area contributed by atoms with Gasteiger partial charge in [0.2, 0.25) is 0 Å². The molecule has 134 valence electrons. The third kappa shape index (κ3) is 5.42. The fraction of sp³-hybridized carbons (Fsp3) is 0.400. The van der Waals surface area contributed by atoms with Gasteiger partial charge in [-0.25, -0.2) is 0 Å². The highest BCUT2D eigenvalue weighted by atomic mass is 127. The first-order valence-corrected chi connectivity index (χ1v) is 8.78. The number of nitrogens with one attached hydrogen (secondary N) is 1. The first-order chi connectivity index (χ1) is 11.8. The van der Waals surface area contributed by atoms with Crippen molar-refractivity contribution in [1.82, 2.24) is 10.3 Å². The van der Waals surface area contributed by atoms with Crippen molar-refractivity contribution in [3.05, 3.63) is 66.0 Å². The molecule has 3 N–H and O–H groups in total. The highest BCUT2D eigenvalue weighted by molar-refractivity contribution is 14.0. The zero-order valence-corrected chi connectivity index (χ0v) is 16.9. The van der Waals surface area contributed by atoms with Gasteiger partial charge in [0.1, 0.15) is 0 Å². The Labute approximate surface area is 167 Å². The van der Waals surface area contributed by atoms with Crippen molar-refractivity contribution in [2.75, 3.05) is 13.1 Å². The normalized spacial score (nSPS) is 16.2. The first-order valence-electron chi connectivity index (χ1n) is 8.78. The van der Waals surface area contributed by atoms with Gasteiger partial charge < -0.3 is 11.1 Å². The Morgan fingerprint density at radius 2 is 1.80 bits per heavy atom. The average Bonchev–Trinajstić information content (AvgIpc) is 3.12. The molecule has 0 spiro atoms. The van der Waals surface area contributed by atoms with E-state index in [4.69, 9.17) is 5.73 Å². The minimum Gasteiger partial charge on any atom is -0.370 e. The van der Waals surface area contributed by atoms with E-state index in [1.165, 1.54) is 31.2 Å². The van der Waals surface area contributed by atoms with Crippen LogP contribution in [0.2, 0.25) is 0 Å². The van der Waals surface area contributed by atoms with Gasteiger partial charge >= 0.3 is 0 Å². The minimum absolute atomic E-state index is 0. The summed E-state index contributed by atoms with van der Waals surface area (Å²) in [5.74, 6) is 0.535. The molecule has 0 bridgehead atoms. The summed E-state index contributed by atoms with van der Waals surface area (Å²) in [4.78, 5) is 8.96. The number of hydrogen-bond donors (Lipinski definition) is 2. The Bertz CT molecular complexity index is 652.